The number of amides is 3. The van der Waals surface area contributed by atoms with Gasteiger partial charge in [0.2, 0.25) is 11.8 Å². The Hall–Kier alpha value is -2.94. The van der Waals surface area contributed by atoms with Crippen LogP contribution in [0.1, 0.15) is 67.2 Å². The van der Waals surface area contributed by atoms with Gasteiger partial charge >= 0.3 is 18.0 Å². The van der Waals surface area contributed by atoms with Crippen molar-refractivity contribution in [3.05, 3.63) is 0 Å². The fourth-order valence-electron chi connectivity index (χ4n) is 3.09. The highest BCUT2D eigenvalue weighted by Crippen LogP contribution is 2.11. The zero-order valence-corrected chi connectivity index (χ0v) is 23.2. The lowest BCUT2D eigenvalue weighted by atomic mass is 10.0. The zero-order valence-electron chi connectivity index (χ0n) is 22.4. The number of esters is 2. The largest absolute Gasteiger partial charge is 0.464 e. The first-order chi connectivity index (χ1) is 17.3. The Morgan fingerprint density at radius 1 is 1.19 bits per heavy atom. The van der Waals surface area contributed by atoms with Crippen LogP contribution >= 0.6 is 11.8 Å². The molecule has 0 fully saturated rings. The van der Waals surface area contributed by atoms with E-state index in [1.54, 1.807) is 27.7 Å². The minimum absolute atomic E-state index is 0.00142. The van der Waals surface area contributed by atoms with Gasteiger partial charge in [-0.1, -0.05) is 31.5 Å². The molecule has 3 N–H and O–H groups in total. The molecule has 0 aliphatic carbocycles. The van der Waals surface area contributed by atoms with Crippen molar-refractivity contribution >= 4 is 41.6 Å². The maximum absolute atomic E-state index is 13.2. The van der Waals surface area contributed by atoms with E-state index in [0.717, 1.165) is 11.8 Å². The topological polar surface area (TPSA) is 149 Å². The number of nitrogens with one attached hydrogen (secondary N) is 3. The standard InChI is InChI=1S/C25H39N3O8S/c1-7-34-23(32)18-14-35-20(29)11-9-8-10-12-37-15-19(28-24(33)36-25(4,5)6)22(31)26-17(13-16(2)3)21(30)27-18/h16-19H,7-9,11,13-15H2,1-6H3,(H,26,31)(H,27,30)(H,28,33)/t17-,18-,19-/m0/s1. The lowest BCUT2D eigenvalue weighted by Crippen LogP contribution is -2.57. The van der Waals surface area contributed by atoms with Gasteiger partial charge in [-0.15, -0.1) is 0 Å². The molecule has 0 aromatic carbocycles. The number of carbonyl (C=O) groups excluding carboxylic acids is 5. The highest BCUT2D eigenvalue weighted by atomic mass is 32.2. The predicted octanol–water partition coefficient (Wildman–Crippen LogP) is 1.88. The van der Waals surface area contributed by atoms with Crippen molar-refractivity contribution in [1.82, 2.24) is 16.0 Å². The summed E-state index contributed by atoms with van der Waals surface area (Å²) >= 11 is 1.12. The number of hydrogen-bond donors (Lipinski definition) is 3. The molecule has 11 nitrogen and oxygen atoms in total. The number of thioether (sulfide) groups is 1. The molecule has 3 atom stereocenters. The van der Waals surface area contributed by atoms with Crippen molar-refractivity contribution in [2.24, 2.45) is 5.92 Å². The second-order valence-electron chi connectivity index (χ2n) is 9.83. The first-order valence-electron chi connectivity index (χ1n) is 12.3. The van der Waals surface area contributed by atoms with Crippen molar-refractivity contribution < 1.29 is 38.2 Å². The summed E-state index contributed by atoms with van der Waals surface area (Å²) in [6, 6.07) is -3.32. The fourth-order valence-corrected chi connectivity index (χ4v) is 3.78. The summed E-state index contributed by atoms with van der Waals surface area (Å²) in [6.45, 7) is 10.1. The van der Waals surface area contributed by atoms with Crippen LogP contribution in [-0.4, -0.2) is 72.5 Å². The maximum Gasteiger partial charge on any atom is 0.408 e. The van der Waals surface area contributed by atoms with Crippen molar-refractivity contribution in [2.75, 3.05) is 19.0 Å². The second-order valence-corrected chi connectivity index (χ2v) is 10.7. The summed E-state index contributed by atoms with van der Waals surface area (Å²) in [5, 5.41) is 10.6. The van der Waals surface area contributed by atoms with E-state index < -0.39 is 60.2 Å². The summed E-state index contributed by atoms with van der Waals surface area (Å²) in [5.74, 6) is 0.453. The lowest BCUT2D eigenvalue weighted by molar-refractivity contribution is -0.153. The van der Waals surface area contributed by atoms with Gasteiger partial charge in [0, 0.05) is 18.6 Å². The monoisotopic (exact) mass is 541 g/mol. The lowest BCUT2D eigenvalue weighted by Gasteiger charge is -2.26. The Morgan fingerprint density at radius 3 is 2.51 bits per heavy atom. The molecule has 0 saturated carbocycles. The molecule has 1 heterocycles. The van der Waals surface area contributed by atoms with E-state index in [1.807, 2.05) is 13.8 Å². The number of alkyl carbamates (subject to hydrolysis) is 1. The molecule has 12 heteroatoms. The van der Waals surface area contributed by atoms with Gasteiger partial charge in [-0.2, -0.15) is 0 Å². The molecule has 0 unspecified atom stereocenters. The number of rotatable bonds is 5. The molecule has 1 rings (SSSR count). The van der Waals surface area contributed by atoms with Gasteiger partial charge in [-0.25, -0.2) is 9.59 Å². The summed E-state index contributed by atoms with van der Waals surface area (Å²) in [5.41, 5.74) is -0.772. The molecule has 0 aromatic rings. The quantitative estimate of drug-likeness (QED) is 0.269. The van der Waals surface area contributed by atoms with Crippen LogP contribution in [0.2, 0.25) is 0 Å². The normalized spacial score (nSPS) is 22.4. The number of carbonyl (C=O) groups is 5. The number of ether oxygens (including phenoxy) is 3. The fraction of sp³-hybridized carbons (Fsp3) is 0.720. The molecule has 3 amide bonds. The molecular weight excluding hydrogens is 502 g/mol. The molecule has 37 heavy (non-hydrogen) atoms. The first kappa shape index (κ1) is 32.1. The summed E-state index contributed by atoms with van der Waals surface area (Å²) < 4.78 is 15.5. The highest BCUT2D eigenvalue weighted by molar-refractivity contribution is 8.03. The average molecular weight is 542 g/mol. The molecule has 208 valence electrons. The molecule has 0 saturated heterocycles. The van der Waals surface area contributed by atoms with Crippen LogP contribution < -0.4 is 16.0 Å². The van der Waals surface area contributed by atoms with Crippen LogP contribution in [0.25, 0.3) is 0 Å². The van der Waals surface area contributed by atoms with Crippen molar-refractivity contribution in [1.29, 1.82) is 0 Å². The Kier molecular flexibility index (Phi) is 13.9. The molecule has 1 aliphatic heterocycles. The smallest absolute Gasteiger partial charge is 0.408 e. The summed E-state index contributed by atoms with van der Waals surface area (Å²) in [7, 11) is 0. The van der Waals surface area contributed by atoms with Gasteiger partial charge < -0.3 is 30.2 Å². The maximum atomic E-state index is 13.2. The van der Waals surface area contributed by atoms with Crippen LogP contribution in [-0.2, 0) is 33.4 Å². The van der Waals surface area contributed by atoms with Gasteiger partial charge in [-0.05, 0) is 51.7 Å². The minimum atomic E-state index is -1.25. The number of cyclic esters (lactones) is 1. The average Bonchev–Trinajstić information content (AvgIpc) is 2.77. The third kappa shape index (κ3) is 13.8. The van der Waals surface area contributed by atoms with Gasteiger partial charge in [0.1, 0.15) is 24.3 Å². The van der Waals surface area contributed by atoms with Gasteiger partial charge in [-0.3, -0.25) is 14.4 Å². The number of hydrogen-bond acceptors (Lipinski definition) is 9. The SMILES string of the molecule is CCOC(=O)[C@@H]1COC(=O)CCCC#CSC[C@H](NC(=O)OC(C)(C)C)C(=O)N[C@@H](CC(C)C)C(=O)N1. The molecule has 0 spiro atoms. The summed E-state index contributed by atoms with van der Waals surface area (Å²) in [6.07, 6.45) is 0.391. The zero-order chi connectivity index (χ0) is 28.0. The Morgan fingerprint density at radius 2 is 1.89 bits per heavy atom. The van der Waals surface area contributed by atoms with E-state index >= 15 is 0 Å². The van der Waals surface area contributed by atoms with E-state index in [1.165, 1.54) is 0 Å². The van der Waals surface area contributed by atoms with E-state index in [4.69, 9.17) is 14.2 Å². The molecular formula is C25H39N3O8S. The molecule has 0 aromatic heterocycles. The Balaban J connectivity index is 3.21. The molecule has 0 bridgehead atoms. The predicted molar refractivity (Wildman–Crippen MR) is 138 cm³/mol. The highest BCUT2D eigenvalue weighted by Gasteiger charge is 2.32. The van der Waals surface area contributed by atoms with Crippen molar-refractivity contribution in [3.63, 3.8) is 0 Å². The minimum Gasteiger partial charge on any atom is -0.464 e. The third-order valence-electron chi connectivity index (χ3n) is 4.72. The van der Waals surface area contributed by atoms with E-state index in [9.17, 15) is 24.0 Å². The molecule has 1 aliphatic rings. The van der Waals surface area contributed by atoms with Crippen LogP contribution in [0.3, 0.4) is 0 Å². The van der Waals surface area contributed by atoms with Gasteiger partial charge in [0.15, 0.2) is 6.04 Å². The Labute approximate surface area is 222 Å². The summed E-state index contributed by atoms with van der Waals surface area (Å²) in [4.78, 5) is 63.2. The third-order valence-corrected chi connectivity index (χ3v) is 5.51. The van der Waals surface area contributed by atoms with Gasteiger partial charge in [0.05, 0.1) is 6.61 Å². The van der Waals surface area contributed by atoms with Crippen molar-refractivity contribution in [3.8, 4) is 11.2 Å². The Bertz CT molecular complexity index is 875. The van der Waals surface area contributed by atoms with E-state index in [2.05, 4.69) is 27.1 Å². The second kappa shape index (κ2) is 16.0. The van der Waals surface area contributed by atoms with Gasteiger partial charge in [0.25, 0.3) is 0 Å². The van der Waals surface area contributed by atoms with Crippen molar-refractivity contribution in [2.45, 2.75) is 91.0 Å². The first-order valence-corrected chi connectivity index (χ1v) is 13.3. The van der Waals surface area contributed by atoms with Crippen LogP contribution in [0.4, 0.5) is 4.79 Å². The van der Waals surface area contributed by atoms with E-state index in [0.29, 0.717) is 12.8 Å². The van der Waals surface area contributed by atoms with Crippen LogP contribution in [0.5, 0.6) is 0 Å². The van der Waals surface area contributed by atoms with Crippen LogP contribution in [0.15, 0.2) is 0 Å². The van der Waals surface area contributed by atoms with Crippen LogP contribution in [0, 0.1) is 17.1 Å². The van der Waals surface area contributed by atoms with E-state index in [-0.39, 0.29) is 31.1 Å². The molecule has 0 radical (unpaired) electrons.